The van der Waals surface area contributed by atoms with Gasteiger partial charge < -0.3 is 15.5 Å². The van der Waals surface area contributed by atoms with E-state index in [0.717, 1.165) is 32.5 Å². The van der Waals surface area contributed by atoms with Crippen molar-refractivity contribution in [2.45, 2.75) is 50.6 Å². The molecule has 1 aliphatic carbocycles. The molecule has 0 aromatic heterocycles. The van der Waals surface area contributed by atoms with Gasteiger partial charge in [-0.05, 0) is 26.8 Å². The lowest BCUT2D eigenvalue weighted by Crippen LogP contribution is -2.54. The lowest BCUT2D eigenvalue weighted by Gasteiger charge is -2.39. The number of piperazine rings is 1. The predicted molar refractivity (Wildman–Crippen MR) is 68.7 cm³/mol. The van der Waals surface area contributed by atoms with Crippen molar-refractivity contribution in [2.24, 2.45) is 5.73 Å². The number of amides is 1. The van der Waals surface area contributed by atoms with Crippen LogP contribution in [-0.4, -0.2) is 54.0 Å². The number of likely N-dealkylation sites (N-methyl/N-ethyl adjacent to an activating group) is 1. The van der Waals surface area contributed by atoms with E-state index >= 15 is 0 Å². The van der Waals surface area contributed by atoms with E-state index in [9.17, 15) is 4.79 Å². The van der Waals surface area contributed by atoms with Crippen LogP contribution >= 0.6 is 0 Å². The third-order valence-corrected chi connectivity index (χ3v) is 4.42. The highest BCUT2D eigenvalue weighted by Crippen LogP contribution is 2.30. The summed E-state index contributed by atoms with van der Waals surface area (Å²) in [7, 11) is 2.12. The highest BCUT2D eigenvalue weighted by Gasteiger charge is 2.34. The Morgan fingerprint density at radius 1 is 1.35 bits per heavy atom. The van der Waals surface area contributed by atoms with Crippen molar-refractivity contribution in [3.8, 4) is 0 Å². The molecule has 4 nitrogen and oxygen atoms in total. The Bertz CT molecular complexity index is 286. The molecular weight excluding hydrogens is 214 g/mol. The molecular formula is C13H25N3O. The van der Waals surface area contributed by atoms with E-state index in [1.165, 1.54) is 12.8 Å². The van der Waals surface area contributed by atoms with Crippen LogP contribution in [0, 0.1) is 0 Å². The topological polar surface area (TPSA) is 49.6 Å². The van der Waals surface area contributed by atoms with Gasteiger partial charge in [-0.25, -0.2) is 0 Å². The van der Waals surface area contributed by atoms with Crippen molar-refractivity contribution in [3.05, 3.63) is 0 Å². The minimum Gasteiger partial charge on any atom is -0.340 e. The molecule has 2 fully saturated rings. The van der Waals surface area contributed by atoms with Crippen molar-refractivity contribution in [2.75, 3.05) is 26.7 Å². The number of hydrogen-bond donors (Lipinski definition) is 1. The van der Waals surface area contributed by atoms with Gasteiger partial charge in [0.25, 0.3) is 0 Å². The summed E-state index contributed by atoms with van der Waals surface area (Å²) < 4.78 is 0. The molecule has 2 N–H and O–H groups in total. The number of carbonyl (C=O) groups is 1. The number of carbonyl (C=O) groups excluding carboxylic acids is 1. The molecule has 1 amide bonds. The largest absolute Gasteiger partial charge is 0.340 e. The first-order valence-corrected chi connectivity index (χ1v) is 6.77. The van der Waals surface area contributed by atoms with Crippen LogP contribution in [0.3, 0.4) is 0 Å². The third-order valence-electron chi connectivity index (χ3n) is 4.42. The highest BCUT2D eigenvalue weighted by atomic mass is 16.2. The van der Waals surface area contributed by atoms with Crippen LogP contribution in [0.1, 0.15) is 39.0 Å². The second-order valence-electron chi connectivity index (χ2n) is 5.92. The molecule has 1 heterocycles. The van der Waals surface area contributed by atoms with Gasteiger partial charge in [0.2, 0.25) is 5.91 Å². The highest BCUT2D eigenvalue weighted by molar-refractivity contribution is 5.77. The van der Waals surface area contributed by atoms with Crippen LogP contribution in [-0.2, 0) is 4.79 Å². The van der Waals surface area contributed by atoms with Gasteiger partial charge in [0.05, 0.1) is 0 Å². The van der Waals surface area contributed by atoms with Gasteiger partial charge >= 0.3 is 0 Å². The average Bonchev–Trinajstić information content (AvgIpc) is 2.69. The predicted octanol–water partition coefficient (Wildman–Crippen LogP) is 0.811. The number of nitrogens with zero attached hydrogens (tertiary/aromatic N) is 2. The zero-order valence-electron chi connectivity index (χ0n) is 11.1. The summed E-state index contributed by atoms with van der Waals surface area (Å²) in [6.07, 6.45) is 4.94. The van der Waals surface area contributed by atoms with Gasteiger partial charge in [-0.1, -0.05) is 12.8 Å². The average molecular weight is 239 g/mol. The molecule has 1 saturated carbocycles. The van der Waals surface area contributed by atoms with Crippen molar-refractivity contribution in [1.29, 1.82) is 0 Å². The summed E-state index contributed by atoms with van der Waals surface area (Å²) in [5.74, 6) is 0.259. The van der Waals surface area contributed by atoms with Gasteiger partial charge in [-0.3, -0.25) is 4.79 Å². The Kier molecular flexibility index (Phi) is 3.73. The first-order chi connectivity index (χ1) is 8.00. The molecule has 17 heavy (non-hydrogen) atoms. The smallest absolute Gasteiger partial charge is 0.224 e. The fourth-order valence-electron chi connectivity index (χ4n) is 2.94. The molecule has 1 aliphatic heterocycles. The molecule has 0 radical (unpaired) electrons. The molecule has 1 saturated heterocycles. The second-order valence-corrected chi connectivity index (χ2v) is 5.92. The summed E-state index contributed by atoms with van der Waals surface area (Å²) in [6.45, 7) is 4.86. The molecule has 98 valence electrons. The molecule has 2 rings (SSSR count). The molecule has 4 heteroatoms. The Hall–Kier alpha value is -0.610. The molecule has 0 spiro atoms. The van der Waals surface area contributed by atoms with E-state index < -0.39 is 0 Å². The summed E-state index contributed by atoms with van der Waals surface area (Å²) in [6, 6.07) is 0.463. The van der Waals surface area contributed by atoms with E-state index in [1.54, 1.807) is 0 Å². The van der Waals surface area contributed by atoms with Crippen LogP contribution in [0.2, 0.25) is 0 Å². The van der Waals surface area contributed by atoms with Gasteiger partial charge in [-0.15, -0.1) is 0 Å². The third kappa shape index (κ3) is 2.99. The summed E-state index contributed by atoms with van der Waals surface area (Å²) in [5, 5.41) is 0. The standard InChI is InChI=1S/C13H25N3O/c1-11-10-16(8-7-15(11)2)12(17)9-13(14)5-3-4-6-13/h11H,3-10,14H2,1-2H3. The molecule has 0 bridgehead atoms. The van der Waals surface area contributed by atoms with Crippen LogP contribution < -0.4 is 5.73 Å². The maximum Gasteiger partial charge on any atom is 0.224 e. The minimum atomic E-state index is -0.205. The van der Waals surface area contributed by atoms with Crippen LogP contribution in [0.15, 0.2) is 0 Å². The lowest BCUT2D eigenvalue weighted by atomic mass is 9.94. The van der Waals surface area contributed by atoms with E-state index in [1.807, 2.05) is 4.90 Å². The van der Waals surface area contributed by atoms with Crippen molar-refractivity contribution >= 4 is 5.91 Å². The second kappa shape index (κ2) is 4.94. The summed E-state index contributed by atoms with van der Waals surface area (Å²) in [5.41, 5.74) is 6.07. The maximum absolute atomic E-state index is 12.2. The Morgan fingerprint density at radius 2 is 2.00 bits per heavy atom. The van der Waals surface area contributed by atoms with Crippen LogP contribution in [0.25, 0.3) is 0 Å². The number of rotatable bonds is 2. The monoisotopic (exact) mass is 239 g/mol. The number of nitrogens with two attached hydrogens (primary N) is 1. The molecule has 0 aromatic rings. The van der Waals surface area contributed by atoms with E-state index in [-0.39, 0.29) is 11.4 Å². The summed E-state index contributed by atoms with van der Waals surface area (Å²) >= 11 is 0. The van der Waals surface area contributed by atoms with Gasteiger partial charge in [0.15, 0.2) is 0 Å². The summed E-state index contributed by atoms with van der Waals surface area (Å²) in [4.78, 5) is 16.5. The SMILES string of the molecule is CC1CN(C(=O)CC2(N)CCCC2)CCN1C. The van der Waals surface area contributed by atoms with Crippen LogP contribution in [0.5, 0.6) is 0 Å². The van der Waals surface area contributed by atoms with Crippen molar-refractivity contribution < 1.29 is 4.79 Å². The fourth-order valence-corrected chi connectivity index (χ4v) is 2.94. The van der Waals surface area contributed by atoms with Crippen molar-refractivity contribution in [3.63, 3.8) is 0 Å². The van der Waals surface area contributed by atoms with E-state index in [2.05, 4.69) is 18.9 Å². The van der Waals surface area contributed by atoms with Gasteiger partial charge in [0, 0.05) is 37.6 Å². The van der Waals surface area contributed by atoms with Crippen LogP contribution in [0.4, 0.5) is 0 Å². The molecule has 1 atom stereocenters. The first-order valence-electron chi connectivity index (χ1n) is 6.77. The zero-order valence-corrected chi connectivity index (χ0v) is 11.1. The maximum atomic E-state index is 12.2. The van der Waals surface area contributed by atoms with Crippen molar-refractivity contribution in [1.82, 2.24) is 9.80 Å². The Labute approximate surface area is 104 Å². The molecule has 1 unspecified atom stereocenters. The quantitative estimate of drug-likeness (QED) is 0.776. The first kappa shape index (κ1) is 12.8. The van der Waals surface area contributed by atoms with Gasteiger partial charge in [-0.2, -0.15) is 0 Å². The zero-order chi connectivity index (χ0) is 12.5. The Balaban J connectivity index is 1.88. The van der Waals surface area contributed by atoms with E-state index in [4.69, 9.17) is 5.73 Å². The van der Waals surface area contributed by atoms with E-state index in [0.29, 0.717) is 12.5 Å². The lowest BCUT2D eigenvalue weighted by molar-refractivity contribution is -0.135. The number of hydrogen-bond acceptors (Lipinski definition) is 3. The molecule has 2 aliphatic rings. The minimum absolute atomic E-state index is 0.205. The van der Waals surface area contributed by atoms with Gasteiger partial charge in [0.1, 0.15) is 0 Å². The molecule has 0 aromatic carbocycles. The Morgan fingerprint density at radius 3 is 2.59 bits per heavy atom. The normalized spacial score (nSPS) is 29.6. The fraction of sp³-hybridized carbons (Fsp3) is 0.923.